The van der Waals surface area contributed by atoms with Crippen molar-refractivity contribution >= 4 is 15.9 Å². The molecule has 1 aliphatic rings. The molecular weight excluding hydrogens is 250 g/mol. The topological polar surface area (TPSA) is 12.0 Å². The third-order valence-electron chi connectivity index (χ3n) is 3.04. The van der Waals surface area contributed by atoms with Crippen LogP contribution in [0.3, 0.4) is 0 Å². The number of benzene rings is 1. The number of nitrogens with one attached hydrogen (secondary N) is 1. The summed E-state index contributed by atoms with van der Waals surface area (Å²) in [6.45, 7) is 4.58. The second-order valence-corrected chi connectivity index (χ2v) is 5.64. The Bertz CT molecular complexity index is 337. The molecule has 3 atom stereocenters. The summed E-state index contributed by atoms with van der Waals surface area (Å²) in [5, 5.41) is 3.66. The fourth-order valence-electron chi connectivity index (χ4n) is 2.00. The van der Waals surface area contributed by atoms with E-state index < -0.39 is 0 Å². The average molecular weight is 268 g/mol. The van der Waals surface area contributed by atoms with E-state index in [-0.39, 0.29) is 0 Å². The molecule has 0 spiro atoms. The quantitative estimate of drug-likeness (QED) is 0.882. The smallest absolute Gasteiger partial charge is 0.0178 e. The van der Waals surface area contributed by atoms with Gasteiger partial charge < -0.3 is 5.32 Å². The van der Waals surface area contributed by atoms with Gasteiger partial charge in [0, 0.05) is 16.6 Å². The molecule has 0 bridgehead atoms. The summed E-state index contributed by atoms with van der Waals surface area (Å²) in [5.74, 6) is 0.884. The molecule has 0 heterocycles. The normalized spacial score (nSPS) is 26.3. The molecule has 0 radical (unpaired) electrons. The van der Waals surface area contributed by atoms with Crippen molar-refractivity contribution in [3.63, 3.8) is 0 Å². The molecule has 0 amide bonds. The lowest BCUT2D eigenvalue weighted by molar-refractivity contribution is 0.527. The maximum absolute atomic E-state index is 3.66. The van der Waals surface area contributed by atoms with E-state index >= 15 is 0 Å². The first-order valence-electron chi connectivity index (χ1n) is 5.65. The Balaban J connectivity index is 1.85. The van der Waals surface area contributed by atoms with Crippen LogP contribution in [0.25, 0.3) is 0 Å². The zero-order chi connectivity index (χ0) is 10.8. The van der Waals surface area contributed by atoms with Crippen LogP contribution in [0.4, 0.5) is 0 Å². The SMILES string of the molecule is CC(Cc1cccc(Br)c1)NC1CC1C. The second kappa shape index (κ2) is 4.67. The maximum Gasteiger partial charge on any atom is 0.0178 e. The van der Waals surface area contributed by atoms with Crippen LogP contribution in [0.5, 0.6) is 0 Å². The number of halogens is 1. The molecule has 1 fully saturated rings. The molecule has 0 aromatic heterocycles. The minimum atomic E-state index is 0.578. The molecule has 0 saturated heterocycles. The zero-order valence-corrected chi connectivity index (χ0v) is 10.9. The number of hydrogen-bond donors (Lipinski definition) is 1. The van der Waals surface area contributed by atoms with E-state index in [1.807, 2.05) is 0 Å². The van der Waals surface area contributed by atoms with Gasteiger partial charge in [0.05, 0.1) is 0 Å². The van der Waals surface area contributed by atoms with Gasteiger partial charge in [-0.2, -0.15) is 0 Å². The highest BCUT2D eigenvalue weighted by atomic mass is 79.9. The molecule has 1 nitrogen and oxygen atoms in total. The van der Waals surface area contributed by atoms with Gasteiger partial charge in [0.25, 0.3) is 0 Å². The Hall–Kier alpha value is -0.340. The second-order valence-electron chi connectivity index (χ2n) is 4.72. The van der Waals surface area contributed by atoms with Crippen LogP contribution in [0.2, 0.25) is 0 Å². The first kappa shape index (κ1) is 11.2. The molecule has 2 heteroatoms. The van der Waals surface area contributed by atoms with Gasteiger partial charge in [0.15, 0.2) is 0 Å². The summed E-state index contributed by atoms with van der Waals surface area (Å²) in [5.41, 5.74) is 1.40. The lowest BCUT2D eigenvalue weighted by atomic mass is 10.1. The molecule has 1 aromatic carbocycles. The van der Waals surface area contributed by atoms with Crippen LogP contribution in [0.15, 0.2) is 28.7 Å². The van der Waals surface area contributed by atoms with E-state index in [2.05, 4.69) is 59.4 Å². The first-order valence-corrected chi connectivity index (χ1v) is 6.45. The van der Waals surface area contributed by atoms with Crippen molar-refractivity contribution in [2.24, 2.45) is 5.92 Å². The molecule has 82 valence electrons. The summed E-state index contributed by atoms with van der Waals surface area (Å²) in [6, 6.07) is 9.92. The van der Waals surface area contributed by atoms with Crippen molar-refractivity contribution in [1.29, 1.82) is 0 Å². The van der Waals surface area contributed by atoms with Gasteiger partial charge >= 0.3 is 0 Å². The molecule has 1 saturated carbocycles. The molecule has 3 unspecified atom stereocenters. The maximum atomic E-state index is 3.66. The summed E-state index contributed by atoms with van der Waals surface area (Å²) in [4.78, 5) is 0. The fourth-order valence-corrected chi connectivity index (χ4v) is 2.44. The number of hydrogen-bond acceptors (Lipinski definition) is 1. The highest BCUT2D eigenvalue weighted by Crippen LogP contribution is 2.29. The van der Waals surface area contributed by atoms with Crippen LogP contribution in [0.1, 0.15) is 25.8 Å². The van der Waals surface area contributed by atoms with Crippen molar-refractivity contribution < 1.29 is 0 Å². The predicted octanol–water partition coefficient (Wildman–Crippen LogP) is 3.38. The van der Waals surface area contributed by atoms with Crippen molar-refractivity contribution in [1.82, 2.24) is 5.32 Å². The Morgan fingerprint density at radius 2 is 2.27 bits per heavy atom. The molecule has 15 heavy (non-hydrogen) atoms. The fraction of sp³-hybridized carbons (Fsp3) is 0.538. The van der Waals surface area contributed by atoms with Crippen LogP contribution in [-0.2, 0) is 6.42 Å². The third kappa shape index (κ3) is 3.32. The van der Waals surface area contributed by atoms with Gasteiger partial charge in [-0.05, 0) is 43.4 Å². The Morgan fingerprint density at radius 1 is 1.53 bits per heavy atom. The largest absolute Gasteiger partial charge is 0.311 e. The van der Waals surface area contributed by atoms with Crippen molar-refractivity contribution in [2.45, 2.75) is 38.8 Å². The molecule has 2 rings (SSSR count). The van der Waals surface area contributed by atoms with Gasteiger partial charge in [-0.3, -0.25) is 0 Å². The van der Waals surface area contributed by atoms with Gasteiger partial charge in [-0.1, -0.05) is 35.0 Å². The average Bonchev–Trinajstić information content (AvgIpc) is 2.81. The van der Waals surface area contributed by atoms with Crippen LogP contribution in [0, 0.1) is 5.92 Å². The third-order valence-corrected chi connectivity index (χ3v) is 3.53. The molecule has 0 aliphatic heterocycles. The lowest BCUT2D eigenvalue weighted by Gasteiger charge is -2.13. The minimum Gasteiger partial charge on any atom is -0.311 e. The minimum absolute atomic E-state index is 0.578. The van der Waals surface area contributed by atoms with E-state index in [9.17, 15) is 0 Å². The predicted molar refractivity (Wildman–Crippen MR) is 68.0 cm³/mol. The lowest BCUT2D eigenvalue weighted by Crippen LogP contribution is -2.30. The van der Waals surface area contributed by atoms with Crippen LogP contribution < -0.4 is 5.32 Å². The number of rotatable bonds is 4. The van der Waals surface area contributed by atoms with Crippen molar-refractivity contribution in [3.8, 4) is 0 Å². The van der Waals surface area contributed by atoms with Gasteiger partial charge in [-0.15, -0.1) is 0 Å². The van der Waals surface area contributed by atoms with E-state index in [1.165, 1.54) is 16.5 Å². The van der Waals surface area contributed by atoms with Gasteiger partial charge in [0.1, 0.15) is 0 Å². The molecule has 1 N–H and O–H groups in total. The van der Waals surface area contributed by atoms with Crippen LogP contribution in [-0.4, -0.2) is 12.1 Å². The molecule has 1 aromatic rings. The monoisotopic (exact) mass is 267 g/mol. The molecule has 1 aliphatic carbocycles. The van der Waals surface area contributed by atoms with Gasteiger partial charge in [0.2, 0.25) is 0 Å². The van der Waals surface area contributed by atoms with Gasteiger partial charge in [-0.25, -0.2) is 0 Å². The standard InChI is InChI=1S/C13H18BrN/c1-9-6-13(9)15-10(2)7-11-4-3-5-12(14)8-11/h3-5,8-10,13,15H,6-7H2,1-2H3. The highest BCUT2D eigenvalue weighted by Gasteiger charge is 2.32. The van der Waals surface area contributed by atoms with E-state index in [0.29, 0.717) is 6.04 Å². The Morgan fingerprint density at radius 3 is 2.87 bits per heavy atom. The van der Waals surface area contributed by atoms with E-state index in [4.69, 9.17) is 0 Å². The Kier molecular flexibility index (Phi) is 3.47. The van der Waals surface area contributed by atoms with Crippen LogP contribution >= 0.6 is 15.9 Å². The van der Waals surface area contributed by atoms with E-state index in [0.717, 1.165) is 18.4 Å². The zero-order valence-electron chi connectivity index (χ0n) is 9.33. The summed E-state index contributed by atoms with van der Waals surface area (Å²) in [6.07, 6.45) is 2.46. The molecular formula is C13H18BrN. The van der Waals surface area contributed by atoms with E-state index in [1.54, 1.807) is 0 Å². The summed E-state index contributed by atoms with van der Waals surface area (Å²) < 4.78 is 1.17. The Labute approximate surface area is 100 Å². The van der Waals surface area contributed by atoms with Crippen molar-refractivity contribution in [3.05, 3.63) is 34.3 Å². The highest BCUT2D eigenvalue weighted by molar-refractivity contribution is 9.10. The summed E-state index contributed by atoms with van der Waals surface area (Å²) >= 11 is 3.50. The van der Waals surface area contributed by atoms with Crippen molar-refractivity contribution in [2.75, 3.05) is 0 Å². The summed E-state index contributed by atoms with van der Waals surface area (Å²) in [7, 11) is 0. The first-order chi connectivity index (χ1) is 7.15.